The van der Waals surface area contributed by atoms with Gasteiger partial charge in [-0.3, -0.25) is 4.79 Å². The van der Waals surface area contributed by atoms with Crippen molar-refractivity contribution in [3.8, 4) is 0 Å². The monoisotopic (exact) mass is 470 g/mol. The zero-order valence-electron chi connectivity index (χ0n) is 19.9. The molecule has 33 heavy (non-hydrogen) atoms. The standard InChI is InChI=1S/C25H42O8/c1-3-4-5-6-7-8-9-10-11-12-13-14-15-16-20(26)31-17-19(2)18-32-25-23(29)21(27)22(28)24(30)33-25/h4-5,7-8,10-11,19,21-25,27-30H,3,6,9,12-18H2,1-2H3/b5-4-,8-7-,11-10-/t19?,21-,22+,23+,24-,25+/m0/s1. The smallest absolute Gasteiger partial charge is 0.305 e. The van der Waals surface area contributed by atoms with Crippen molar-refractivity contribution in [2.24, 2.45) is 5.92 Å². The zero-order chi connectivity index (χ0) is 24.5. The van der Waals surface area contributed by atoms with Crippen LogP contribution in [0.25, 0.3) is 0 Å². The molecular weight excluding hydrogens is 428 g/mol. The van der Waals surface area contributed by atoms with Gasteiger partial charge in [-0.25, -0.2) is 0 Å². The molecule has 8 nitrogen and oxygen atoms in total. The summed E-state index contributed by atoms with van der Waals surface area (Å²) in [6.07, 6.45) is 12.6. The van der Waals surface area contributed by atoms with Crippen molar-refractivity contribution in [2.75, 3.05) is 13.2 Å². The highest BCUT2D eigenvalue weighted by Crippen LogP contribution is 2.21. The molecule has 1 aliphatic rings. The van der Waals surface area contributed by atoms with Crippen molar-refractivity contribution in [1.82, 2.24) is 0 Å². The molecule has 1 rings (SSSR count). The Morgan fingerprint density at radius 3 is 2.24 bits per heavy atom. The Morgan fingerprint density at radius 1 is 0.879 bits per heavy atom. The minimum absolute atomic E-state index is 0.0848. The summed E-state index contributed by atoms with van der Waals surface area (Å²) < 4.78 is 15.5. The summed E-state index contributed by atoms with van der Waals surface area (Å²) in [5.41, 5.74) is 0. The van der Waals surface area contributed by atoms with Crippen LogP contribution in [0.1, 0.15) is 65.2 Å². The zero-order valence-corrected chi connectivity index (χ0v) is 19.9. The first-order valence-electron chi connectivity index (χ1n) is 12.0. The molecule has 0 aromatic carbocycles. The van der Waals surface area contributed by atoms with Crippen LogP contribution in [-0.2, 0) is 19.0 Å². The average Bonchev–Trinajstić information content (AvgIpc) is 2.80. The molecule has 0 radical (unpaired) electrons. The fraction of sp³-hybridized carbons (Fsp3) is 0.720. The third-order valence-electron chi connectivity index (χ3n) is 5.15. The maximum Gasteiger partial charge on any atom is 0.305 e. The molecule has 0 aliphatic carbocycles. The third kappa shape index (κ3) is 13.1. The minimum atomic E-state index is -1.65. The molecule has 6 atom stereocenters. The van der Waals surface area contributed by atoms with Crippen LogP contribution in [0.4, 0.5) is 0 Å². The van der Waals surface area contributed by atoms with Gasteiger partial charge in [-0.05, 0) is 38.5 Å². The van der Waals surface area contributed by atoms with Gasteiger partial charge in [0.1, 0.15) is 18.3 Å². The van der Waals surface area contributed by atoms with Crippen LogP contribution in [-0.4, -0.2) is 70.5 Å². The quantitative estimate of drug-likeness (QED) is 0.154. The van der Waals surface area contributed by atoms with Crippen LogP contribution in [0.5, 0.6) is 0 Å². The first-order chi connectivity index (χ1) is 15.9. The van der Waals surface area contributed by atoms with E-state index in [9.17, 15) is 25.2 Å². The molecule has 4 N–H and O–H groups in total. The predicted molar refractivity (Wildman–Crippen MR) is 125 cm³/mol. The van der Waals surface area contributed by atoms with Gasteiger partial charge in [-0.1, -0.05) is 56.7 Å². The minimum Gasteiger partial charge on any atom is -0.465 e. The number of aliphatic hydroxyl groups is 4. The van der Waals surface area contributed by atoms with Crippen molar-refractivity contribution in [3.05, 3.63) is 36.5 Å². The highest BCUT2D eigenvalue weighted by molar-refractivity contribution is 5.69. The van der Waals surface area contributed by atoms with Crippen molar-refractivity contribution in [3.63, 3.8) is 0 Å². The van der Waals surface area contributed by atoms with Gasteiger partial charge in [0.25, 0.3) is 0 Å². The first-order valence-corrected chi connectivity index (χ1v) is 12.0. The molecule has 8 heteroatoms. The number of unbranched alkanes of at least 4 members (excludes halogenated alkanes) is 3. The van der Waals surface area contributed by atoms with Crippen molar-refractivity contribution in [1.29, 1.82) is 0 Å². The summed E-state index contributed by atoms with van der Waals surface area (Å²) in [6.45, 7) is 4.16. The van der Waals surface area contributed by atoms with Crippen LogP contribution in [0.2, 0.25) is 0 Å². The molecule has 1 saturated heterocycles. The maximum absolute atomic E-state index is 11.9. The Bertz CT molecular complexity index is 603. The van der Waals surface area contributed by atoms with Gasteiger partial charge in [0.05, 0.1) is 13.2 Å². The van der Waals surface area contributed by atoms with Gasteiger partial charge >= 0.3 is 5.97 Å². The summed E-state index contributed by atoms with van der Waals surface area (Å²) in [5, 5.41) is 38.4. The lowest BCUT2D eigenvalue weighted by Gasteiger charge is -2.38. The van der Waals surface area contributed by atoms with E-state index in [0.29, 0.717) is 6.42 Å². The Morgan fingerprint density at radius 2 is 1.55 bits per heavy atom. The van der Waals surface area contributed by atoms with E-state index in [1.54, 1.807) is 6.92 Å². The summed E-state index contributed by atoms with van der Waals surface area (Å²) in [6, 6.07) is 0. The number of hydrogen-bond donors (Lipinski definition) is 4. The third-order valence-corrected chi connectivity index (χ3v) is 5.15. The Kier molecular flexibility index (Phi) is 16.0. The Labute approximate surface area is 197 Å². The van der Waals surface area contributed by atoms with E-state index in [1.807, 2.05) is 0 Å². The number of esters is 1. The first kappa shape index (κ1) is 29.5. The normalized spacial score (nSPS) is 27.0. The SMILES string of the molecule is CC/C=C\C/C=C\C/C=C\CCCCCC(=O)OCC(C)CO[C@@H]1O[C@H](O)[C@H](O)[C@H](O)[C@H]1O. The van der Waals surface area contributed by atoms with E-state index in [0.717, 1.165) is 44.9 Å². The predicted octanol–water partition coefficient (Wildman–Crippen LogP) is 2.75. The average molecular weight is 471 g/mol. The molecule has 1 aliphatic heterocycles. The Hall–Kier alpha value is -1.55. The summed E-state index contributed by atoms with van der Waals surface area (Å²) in [4.78, 5) is 11.9. The lowest BCUT2D eigenvalue weighted by atomic mass is 10.0. The molecule has 0 saturated carbocycles. The molecule has 1 fully saturated rings. The van der Waals surface area contributed by atoms with Gasteiger partial charge < -0.3 is 34.6 Å². The number of aliphatic hydroxyl groups excluding tert-OH is 4. The van der Waals surface area contributed by atoms with Crippen LogP contribution in [0.15, 0.2) is 36.5 Å². The lowest BCUT2D eigenvalue weighted by molar-refractivity contribution is -0.341. The highest BCUT2D eigenvalue weighted by atomic mass is 16.7. The molecule has 1 unspecified atom stereocenters. The van der Waals surface area contributed by atoms with Gasteiger partial charge in [0.15, 0.2) is 12.6 Å². The lowest BCUT2D eigenvalue weighted by Crippen LogP contribution is -2.58. The molecular formula is C25H42O8. The van der Waals surface area contributed by atoms with E-state index >= 15 is 0 Å². The molecule has 0 spiro atoms. The van der Waals surface area contributed by atoms with Gasteiger partial charge in [0, 0.05) is 12.3 Å². The molecule has 0 aromatic rings. The number of allylic oxidation sites excluding steroid dienone is 6. The largest absolute Gasteiger partial charge is 0.465 e. The van der Waals surface area contributed by atoms with E-state index in [1.165, 1.54) is 0 Å². The van der Waals surface area contributed by atoms with Gasteiger partial charge in [-0.2, -0.15) is 0 Å². The molecule has 1 heterocycles. The second-order valence-electron chi connectivity index (χ2n) is 8.38. The number of hydrogen-bond acceptors (Lipinski definition) is 8. The second kappa shape index (κ2) is 17.9. The fourth-order valence-corrected chi connectivity index (χ4v) is 3.12. The summed E-state index contributed by atoms with van der Waals surface area (Å²) >= 11 is 0. The van der Waals surface area contributed by atoms with Crippen molar-refractivity contribution in [2.45, 2.75) is 96.1 Å². The van der Waals surface area contributed by atoms with E-state index in [4.69, 9.17) is 14.2 Å². The van der Waals surface area contributed by atoms with Gasteiger partial charge in [-0.15, -0.1) is 0 Å². The highest BCUT2D eigenvalue weighted by Gasteiger charge is 2.43. The molecule has 0 aromatic heterocycles. The number of rotatable bonds is 16. The van der Waals surface area contributed by atoms with Crippen molar-refractivity contribution < 1.29 is 39.4 Å². The maximum atomic E-state index is 11.9. The molecule has 190 valence electrons. The van der Waals surface area contributed by atoms with Crippen LogP contribution in [0.3, 0.4) is 0 Å². The van der Waals surface area contributed by atoms with Gasteiger partial charge in [0.2, 0.25) is 0 Å². The van der Waals surface area contributed by atoms with E-state index in [2.05, 4.69) is 43.4 Å². The number of carbonyl (C=O) groups excluding carboxylic acids is 1. The fourth-order valence-electron chi connectivity index (χ4n) is 3.12. The van der Waals surface area contributed by atoms with E-state index in [-0.39, 0.29) is 25.1 Å². The molecule has 0 amide bonds. The molecule has 0 bridgehead atoms. The second-order valence-corrected chi connectivity index (χ2v) is 8.38. The van der Waals surface area contributed by atoms with Crippen LogP contribution in [0, 0.1) is 5.92 Å². The summed E-state index contributed by atoms with van der Waals surface area (Å²) in [7, 11) is 0. The summed E-state index contributed by atoms with van der Waals surface area (Å²) in [5.74, 6) is -0.435. The Balaban J connectivity index is 2.04. The van der Waals surface area contributed by atoms with E-state index < -0.39 is 30.9 Å². The van der Waals surface area contributed by atoms with Crippen LogP contribution >= 0.6 is 0 Å². The number of ether oxygens (including phenoxy) is 3. The number of carbonyl (C=O) groups is 1. The van der Waals surface area contributed by atoms with Crippen LogP contribution < -0.4 is 0 Å². The van der Waals surface area contributed by atoms with Crippen molar-refractivity contribution >= 4 is 5.97 Å². The topological polar surface area (TPSA) is 126 Å².